The molecule has 0 aliphatic rings. The van der Waals surface area contributed by atoms with Crippen LogP contribution in [0.15, 0.2) is 18.3 Å². The summed E-state index contributed by atoms with van der Waals surface area (Å²) in [6, 6.07) is 3.27. The number of nitrogens with zero attached hydrogens (tertiary/aromatic N) is 2. The van der Waals surface area contributed by atoms with E-state index in [4.69, 9.17) is 5.73 Å². The Labute approximate surface area is 78.2 Å². The van der Waals surface area contributed by atoms with Crippen LogP contribution in [0.25, 0.3) is 11.2 Å². The average molecular weight is 198 g/mol. The van der Waals surface area contributed by atoms with E-state index in [1.165, 1.54) is 6.20 Å². The highest BCUT2D eigenvalue weighted by atomic mass is 19.3. The van der Waals surface area contributed by atoms with Crippen LogP contribution in [0.2, 0.25) is 0 Å². The first kappa shape index (κ1) is 9.01. The van der Waals surface area contributed by atoms with Gasteiger partial charge in [0.1, 0.15) is 0 Å². The van der Waals surface area contributed by atoms with Crippen molar-refractivity contribution in [2.24, 2.45) is 5.73 Å². The van der Waals surface area contributed by atoms with Gasteiger partial charge >= 0.3 is 5.92 Å². The monoisotopic (exact) mass is 198 g/mol. The number of imidazole rings is 1. The van der Waals surface area contributed by atoms with Gasteiger partial charge in [-0.25, -0.2) is 9.97 Å². The van der Waals surface area contributed by atoms with Gasteiger partial charge in [-0.15, -0.1) is 0 Å². The van der Waals surface area contributed by atoms with Crippen molar-refractivity contribution in [3.63, 3.8) is 0 Å². The van der Waals surface area contributed by atoms with Crippen molar-refractivity contribution in [3.05, 3.63) is 24.2 Å². The fraction of sp³-hybridized carbons (Fsp3) is 0.250. The molecule has 0 aliphatic heterocycles. The molecule has 0 atom stereocenters. The molecule has 0 saturated carbocycles. The Bertz CT molecular complexity index is 418. The van der Waals surface area contributed by atoms with Crippen molar-refractivity contribution in [2.45, 2.75) is 5.92 Å². The summed E-state index contributed by atoms with van der Waals surface area (Å²) in [5, 5.41) is 0. The molecule has 0 bridgehead atoms. The van der Waals surface area contributed by atoms with Gasteiger partial charge in [0.25, 0.3) is 0 Å². The number of aromatic amines is 1. The zero-order valence-electron chi connectivity index (χ0n) is 7.17. The summed E-state index contributed by atoms with van der Waals surface area (Å²) in [4.78, 5) is 9.97. The van der Waals surface area contributed by atoms with Crippen LogP contribution in [0.3, 0.4) is 0 Å². The number of pyridine rings is 1. The van der Waals surface area contributed by atoms with E-state index < -0.39 is 18.3 Å². The molecule has 0 unspecified atom stereocenters. The van der Waals surface area contributed by atoms with Crippen LogP contribution in [0, 0.1) is 0 Å². The number of aromatic nitrogens is 3. The molecule has 2 heterocycles. The number of alkyl halides is 2. The molecule has 2 aromatic rings. The molecule has 0 spiro atoms. The maximum absolute atomic E-state index is 13.1. The molecule has 0 fully saturated rings. The number of nitrogens with one attached hydrogen (secondary N) is 1. The molecule has 3 N–H and O–H groups in total. The predicted octanol–water partition coefficient (Wildman–Crippen LogP) is 1.01. The number of nitrogens with two attached hydrogens (primary N) is 1. The molecule has 2 rings (SSSR count). The summed E-state index contributed by atoms with van der Waals surface area (Å²) in [6.45, 7) is -0.771. The van der Waals surface area contributed by atoms with E-state index in [0.29, 0.717) is 5.52 Å². The highest BCUT2D eigenvalue weighted by molar-refractivity contribution is 5.70. The maximum atomic E-state index is 13.1. The van der Waals surface area contributed by atoms with E-state index >= 15 is 0 Å². The topological polar surface area (TPSA) is 67.6 Å². The van der Waals surface area contributed by atoms with E-state index in [-0.39, 0.29) is 5.65 Å². The van der Waals surface area contributed by atoms with Crippen LogP contribution in [0.4, 0.5) is 8.78 Å². The van der Waals surface area contributed by atoms with Gasteiger partial charge in [0.15, 0.2) is 11.5 Å². The second kappa shape index (κ2) is 2.98. The second-order valence-corrected chi connectivity index (χ2v) is 2.87. The van der Waals surface area contributed by atoms with Gasteiger partial charge in [-0.2, -0.15) is 8.78 Å². The van der Waals surface area contributed by atoms with Gasteiger partial charge in [-0.3, -0.25) is 0 Å². The Hall–Kier alpha value is -1.56. The maximum Gasteiger partial charge on any atom is 0.316 e. The van der Waals surface area contributed by atoms with Crippen molar-refractivity contribution in [1.82, 2.24) is 15.0 Å². The molecule has 0 aromatic carbocycles. The molecule has 0 saturated heterocycles. The summed E-state index contributed by atoms with van der Waals surface area (Å²) >= 11 is 0. The smallest absolute Gasteiger partial charge is 0.316 e. The molecule has 4 nitrogen and oxygen atoms in total. The van der Waals surface area contributed by atoms with Gasteiger partial charge in [-0.05, 0) is 12.1 Å². The van der Waals surface area contributed by atoms with Gasteiger partial charge in [0.05, 0.1) is 12.1 Å². The van der Waals surface area contributed by atoms with E-state index in [0.717, 1.165) is 0 Å². The zero-order chi connectivity index (χ0) is 10.2. The largest absolute Gasteiger partial charge is 0.335 e. The van der Waals surface area contributed by atoms with Gasteiger partial charge in [-0.1, -0.05) is 0 Å². The van der Waals surface area contributed by atoms with E-state index in [9.17, 15) is 8.78 Å². The van der Waals surface area contributed by atoms with Crippen LogP contribution in [-0.4, -0.2) is 21.5 Å². The molecular weight excluding hydrogens is 190 g/mol. The lowest BCUT2D eigenvalue weighted by Gasteiger charge is -2.08. The molecule has 6 heteroatoms. The van der Waals surface area contributed by atoms with Crippen molar-refractivity contribution >= 4 is 11.2 Å². The van der Waals surface area contributed by atoms with Gasteiger partial charge < -0.3 is 10.7 Å². The minimum Gasteiger partial charge on any atom is -0.335 e. The SMILES string of the molecule is NCC(F)(F)c1nc2ncccc2[nH]1. The number of hydrogen-bond acceptors (Lipinski definition) is 3. The standard InChI is InChI=1S/C8H8F2N4/c9-8(10,4-11)7-13-5-2-1-3-12-6(5)14-7/h1-3H,4,11H2,(H,12,13,14). The van der Waals surface area contributed by atoms with E-state index in [1.54, 1.807) is 12.1 Å². The minimum atomic E-state index is -3.12. The van der Waals surface area contributed by atoms with Crippen molar-refractivity contribution in [1.29, 1.82) is 0 Å². The molecule has 14 heavy (non-hydrogen) atoms. The molecule has 2 aromatic heterocycles. The van der Waals surface area contributed by atoms with Crippen LogP contribution in [0.5, 0.6) is 0 Å². The van der Waals surface area contributed by atoms with Crippen molar-refractivity contribution in [2.75, 3.05) is 6.54 Å². The second-order valence-electron chi connectivity index (χ2n) is 2.87. The average Bonchev–Trinajstić information content (AvgIpc) is 2.61. The van der Waals surface area contributed by atoms with E-state index in [1.807, 2.05) is 0 Å². The Morgan fingerprint density at radius 3 is 2.93 bits per heavy atom. The van der Waals surface area contributed by atoms with Crippen LogP contribution < -0.4 is 5.73 Å². The highest BCUT2D eigenvalue weighted by Crippen LogP contribution is 2.25. The van der Waals surface area contributed by atoms with Gasteiger partial charge in [0, 0.05) is 6.20 Å². The fourth-order valence-corrected chi connectivity index (χ4v) is 1.11. The lowest BCUT2D eigenvalue weighted by Crippen LogP contribution is -2.26. The van der Waals surface area contributed by atoms with Crippen LogP contribution >= 0.6 is 0 Å². The van der Waals surface area contributed by atoms with Crippen molar-refractivity contribution in [3.8, 4) is 0 Å². The summed E-state index contributed by atoms with van der Waals surface area (Å²) in [6.07, 6.45) is 1.49. The van der Waals surface area contributed by atoms with Gasteiger partial charge in [0.2, 0.25) is 0 Å². The normalized spacial score (nSPS) is 12.2. The van der Waals surface area contributed by atoms with Crippen LogP contribution in [-0.2, 0) is 5.92 Å². The third-order valence-electron chi connectivity index (χ3n) is 1.86. The van der Waals surface area contributed by atoms with Crippen molar-refractivity contribution < 1.29 is 8.78 Å². The predicted molar refractivity (Wildman–Crippen MR) is 46.8 cm³/mol. The summed E-state index contributed by atoms with van der Waals surface area (Å²) < 4.78 is 26.2. The summed E-state index contributed by atoms with van der Waals surface area (Å²) in [7, 11) is 0. The quantitative estimate of drug-likeness (QED) is 0.756. The van der Waals surface area contributed by atoms with Crippen LogP contribution in [0.1, 0.15) is 5.82 Å². The first-order valence-corrected chi connectivity index (χ1v) is 4.02. The Morgan fingerprint density at radius 2 is 2.29 bits per heavy atom. The number of hydrogen-bond donors (Lipinski definition) is 2. The summed E-state index contributed by atoms with van der Waals surface area (Å²) in [5.74, 6) is -3.56. The number of fused-ring (bicyclic) bond motifs is 1. The first-order chi connectivity index (χ1) is 6.63. The Kier molecular flexibility index (Phi) is 1.92. The lowest BCUT2D eigenvalue weighted by molar-refractivity contribution is -0.00238. The first-order valence-electron chi connectivity index (χ1n) is 4.02. The highest BCUT2D eigenvalue weighted by Gasteiger charge is 2.33. The fourth-order valence-electron chi connectivity index (χ4n) is 1.11. The number of rotatable bonds is 2. The number of halogens is 2. The molecular formula is C8H8F2N4. The minimum absolute atomic E-state index is 0.274. The van der Waals surface area contributed by atoms with E-state index in [2.05, 4.69) is 15.0 Å². The lowest BCUT2D eigenvalue weighted by atomic mass is 10.3. The Balaban J connectivity index is 2.55. The number of H-pyrrole nitrogens is 1. The summed E-state index contributed by atoms with van der Waals surface area (Å²) in [5.41, 5.74) is 5.69. The molecule has 0 radical (unpaired) electrons. The zero-order valence-corrected chi connectivity index (χ0v) is 7.17. The third-order valence-corrected chi connectivity index (χ3v) is 1.86. The third kappa shape index (κ3) is 1.33. The molecule has 74 valence electrons. The molecule has 0 aliphatic carbocycles. The Morgan fingerprint density at radius 1 is 1.50 bits per heavy atom. The molecule has 0 amide bonds.